The minimum Gasteiger partial charge on any atom is -0.493 e. The van der Waals surface area contributed by atoms with Crippen LogP contribution in [0, 0.1) is 11.8 Å². The SMILES string of the molecule is CCOc1cc(OCC(=O)N2CC3C(N)C3C2)ccc1-c1cccc(N)n1. The Morgan fingerprint density at radius 2 is 2.00 bits per heavy atom. The number of piperidine rings is 1. The van der Waals surface area contributed by atoms with Gasteiger partial charge in [-0.15, -0.1) is 0 Å². The molecule has 4 rings (SSSR count). The van der Waals surface area contributed by atoms with Crippen LogP contribution >= 0.6 is 0 Å². The molecule has 4 N–H and O–H groups in total. The second-order valence-electron chi connectivity index (χ2n) is 7.03. The predicted octanol–water partition coefficient (Wildman–Crippen LogP) is 1.52. The number of hydrogen-bond donors (Lipinski definition) is 2. The van der Waals surface area contributed by atoms with E-state index in [4.69, 9.17) is 20.9 Å². The van der Waals surface area contributed by atoms with Crippen LogP contribution in [0.5, 0.6) is 11.5 Å². The Balaban J connectivity index is 1.44. The molecule has 2 unspecified atom stereocenters. The highest BCUT2D eigenvalue weighted by Gasteiger charge is 2.54. The first-order valence-corrected chi connectivity index (χ1v) is 9.22. The molecule has 1 aliphatic heterocycles. The van der Waals surface area contributed by atoms with Gasteiger partial charge in [0.2, 0.25) is 0 Å². The summed E-state index contributed by atoms with van der Waals surface area (Å²) in [6.45, 7) is 3.93. The summed E-state index contributed by atoms with van der Waals surface area (Å²) in [5.74, 6) is 2.62. The van der Waals surface area contributed by atoms with Gasteiger partial charge in [0, 0.05) is 30.8 Å². The highest BCUT2D eigenvalue weighted by molar-refractivity contribution is 5.78. The first kappa shape index (κ1) is 17.6. The van der Waals surface area contributed by atoms with Crippen molar-refractivity contribution < 1.29 is 14.3 Å². The van der Waals surface area contributed by atoms with Crippen molar-refractivity contribution in [2.45, 2.75) is 13.0 Å². The Bertz CT molecular complexity index is 845. The Hall–Kier alpha value is -2.80. The molecule has 0 spiro atoms. The van der Waals surface area contributed by atoms with Gasteiger partial charge in [0.25, 0.3) is 5.91 Å². The molecule has 2 atom stereocenters. The predicted molar refractivity (Wildman–Crippen MR) is 102 cm³/mol. The normalized spacial score (nSPS) is 23.0. The van der Waals surface area contributed by atoms with Crippen molar-refractivity contribution in [3.05, 3.63) is 36.4 Å². The minimum absolute atomic E-state index is 0.00561. The van der Waals surface area contributed by atoms with E-state index in [1.165, 1.54) is 0 Å². The molecule has 1 amide bonds. The fraction of sp³-hybridized carbons (Fsp3) is 0.400. The number of carbonyl (C=O) groups excluding carboxylic acids is 1. The third kappa shape index (κ3) is 3.55. The molecule has 2 fully saturated rings. The molecule has 2 aliphatic rings. The van der Waals surface area contributed by atoms with Gasteiger partial charge in [-0.1, -0.05) is 6.07 Å². The Morgan fingerprint density at radius 3 is 2.70 bits per heavy atom. The zero-order chi connectivity index (χ0) is 19.0. The number of aromatic nitrogens is 1. The van der Waals surface area contributed by atoms with Gasteiger partial charge in [-0.3, -0.25) is 4.79 Å². The highest BCUT2D eigenvalue weighted by Crippen LogP contribution is 2.43. The summed E-state index contributed by atoms with van der Waals surface area (Å²) in [6.07, 6.45) is 0. The lowest BCUT2D eigenvalue weighted by atomic mass is 10.1. The van der Waals surface area contributed by atoms with Crippen LogP contribution in [0.1, 0.15) is 6.92 Å². The van der Waals surface area contributed by atoms with Crippen molar-refractivity contribution in [1.82, 2.24) is 9.88 Å². The molecule has 1 aliphatic carbocycles. The average molecular weight is 368 g/mol. The molecular formula is C20H24N4O3. The summed E-state index contributed by atoms with van der Waals surface area (Å²) >= 11 is 0. The number of nitrogens with two attached hydrogens (primary N) is 2. The van der Waals surface area contributed by atoms with Crippen molar-refractivity contribution in [3.63, 3.8) is 0 Å². The lowest BCUT2D eigenvalue weighted by Gasteiger charge is -2.19. The van der Waals surface area contributed by atoms with E-state index in [9.17, 15) is 4.79 Å². The lowest BCUT2D eigenvalue weighted by molar-refractivity contribution is -0.132. The minimum atomic E-state index is -0.00561. The molecule has 142 valence electrons. The maximum atomic E-state index is 12.3. The van der Waals surface area contributed by atoms with Gasteiger partial charge >= 0.3 is 0 Å². The van der Waals surface area contributed by atoms with E-state index in [2.05, 4.69) is 4.98 Å². The smallest absolute Gasteiger partial charge is 0.260 e. The summed E-state index contributed by atoms with van der Waals surface area (Å²) in [5.41, 5.74) is 13.3. The molecule has 27 heavy (non-hydrogen) atoms. The number of nitrogens with zero attached hydrogens (tertiary/aromatic N) is 2. The summed E-state index contributed by atoms with van der Waals surface area (Å²) < 4.78 is 11.5. The van der Waals surface area contributed by atoms with Crippen LogP contribution in [0.25, 0.3) is 11.3 Å². The zero-order valence-electron chi connectivity index (χ0n) is 15.3. The van der Waals surface area contributed by atoms with Gasteiger partial charge in [0.15, 0.2) is 6.61 Å². The topological polar surface area (TPSA) is 104 Å². The summed E-state index contributed by atoms with van der Waals surface area (Å²) in [6, 6.07) is 11.2. The van der Waals surface area contributed by atoms with Gasteiger partial charge in [-0.05, 0) is 43.0 Å². The van der Waals surface area contributed by atoms with Gasteiger partial charge in [-0.2, -0.15) is 0 Å². The third-order valence-corrected chi connectivity index (χ3v) is 5.27. The number of benzene rings is 1. The van der Waals surface area contributed by atoms with Crippen LogP contribution < -0.4 is 20.9 Å². The third-order valence-electron chi connectivity index (χ3n) is 5.27. The number of likely N-dealkylation sites (tertiary alicyclic amines) is 1. The lowest BCUT2D eigenvalue weighted by Crippen LogP contribution is -2.37. The zero-order valence-corrected chi connectivity index (χ0v) is 15.3. The summed E-state index contributed by atoms with van der Waals surface area (Å²) in [7, 11) is 0. The van der Waals surface area contributed by atoms with E-state index < -0.39 is 0 Å². The number of carbonyl (C=O) groups is 1. The molecule has 2 heterocycles. The maximum Gasteiger partial charge on any atom is 0.260 e. The number of ether oxygens (including phenoxy) is 2. The Kier molecular flexibility index (Phi) is 4.61. The van der Waals surface area contributed by atoms with E-state index in [0.717, 1.165) is 24.3 Å². The van der Waals surface area contributed by atoms with Crippen LogP contribution in [0.2, 0.25) is 0 Å². The molecular weight excluding hydrogens is 344 g/mol. The van der Waals surface area contributed by atoms with Crippen LogP contribution in [0.15, 0.2) is 36.4 Å². The van der Waals surface area contributed by atoms with Gasteiger partial charge in [0.1, 0.15) is 17.3 Å². The monoisotopic (exact) mass is 368 g/mol. The van der Waals surface area contributed by atoms with Crippen molar-refractivity contribution in [2.75, 3.05) is 32.0 Å². The largest absolute Gasteiger partial charge is 0.493 e. The average Bonchev–Trinajstić information content (AvgIpc) is 3.06. The van der Waals surface area contributed by atoms with E-state index >= 15 is 0 Å². The molecule has 2 aromatic rings. The number of pyridine rings is 1. The molecule has 7 nitrogen and oxygen atoms in total. The van der Waals surface area contributed by atoms with Crippen molar-refractivity contribution in [2.24, 2.45) is 17.6 Å². The summed E-state index contributed by atoms with van der Waals surface area (Å²) in [4.78, 5) is 18.5. The van der Waals surface area contributed by atoms with E-state index in [-0.39, 0.29) is 18.6 Å². The molecule has 1 aromatic carbocycles. The fourth-order valence-corrected chi connectivity index (χ4v) is 3.69. The van der Waals surface area contributed by atoms with Crippen molar-refractivity contribution in [3.8, 4) is 22.8 Å². The van der Waals surface area contributed by atoms with Crippen LogP contribution in [-0.2, 0) is 4.79 Å². The molecule has 0 radical (unpaired) electrons. The van der Waals surface area contributed by atoms with E-state index in [0.29, 0.717) is 35.8 Å². The van der Waals surface area contributed by atoms with Crippen LogP contribution in [0.4, 0.5) is 5.82 Å². The molecule has 7 heteroatoms. The molecule has 1 saturated heterocycles. The van der Waals surface area contributed by atoms with Gasteiger partial charge in [-0.25, -0.2) is 4.98 Å². The number of fused-ring (bicyclic) bond motifs is 1. The standard InChI is InChI=1S/C20H24N4O3/c1-2-26-17-8-12(6-7-13(17)16-4-3-5-18(21)23-16)27-11-19(25)24-9-14-15(10-24)20(14)22/h3-8,14-15,20H,2,9-11,22H2,1H3,(H2,21,23). The number of amides is 1. The van der Waals surface area contributed by atoms with Crippen molar-refractivity contribution in [1.29, 1.82) is 0 Å². The van der Waals surface area contributed by atoms with Gasteiger partial charge < -0.3 is 25.8 Å². The number of nitrogen functional groups attached to an aromatic ring is 1. The number of hydrogen-bond acceptors (Lipinski definition) is 6. The molecule has 1 saturated carbocycles. The Morgan fingerprint density at radius 1 is 1.22 bits per heavy atom. The van der Waals surface area contributed by atoms with Crippen LogP contribution in [-0.4, -0.2) is 48.1 Å². The Labute approximate surface area is 158 Å². The summed E-state index contributed by atoms with van der Waals surface area (Å²) in [5, 5.41) is 0. The van der Waals surface area contributed by atoms with Crippen LogP contribution in [0.3, 0.4) is 0 Å². The van der Waals surface area contributed by atoms with E-state index in [1.807, 2.05) is 36.1 Å². The fourth-order valence-electron chi connectivity index (χ4n) is 3.69. The number of anilines is 1. The second kappa shape index (κ2) is 7.08. The maximum absolute atomic E-state index is 12.3. The molecule has 0 bridgehead atoms. The first-order valence-electron chi connectivity index (χ1n) is 9.22. The quantitative estimate of drug-likeness (QED) is 0.801. The van der Waals surface area contributed by atoms with Gasteiger partial charge in [0.05, 0.1) is 12.3 Å². The van der Waals surface area contributed by atoms with Crippen molar-refractivity contribution >= 4 is 11.7 Å². The molecule has 1 aromatic heterocycles. The second-order valence-corrected chi connectivity index (χ2v) is 7.03. The highest BCUT2D eigenvalue weighted by atomic mass is 16.5. The number of rotatable bonds is 6. The van der Waals surface area contributed by atoms with E-state index in [1.54, 1.807) is 12.1 Å². The first-order chi connectivity index (χ1) is 13.1.